The lowest BCUT2D eigenvalue weighted by molar-refractivity contribution is 0.270. The molecule has 0 aliphatic carbocycles. The van der Waals surface area contributed by atoms with Gasteiger partial charge in [-0.2, -0.15) is 15.5 Å². The fourth-order valence-corrected chi connectivity index (χ4v) is 2.42. The molecule has 2 aromatic rings. The third kappa shape index (κ3) is 4.76. The van der Waals surface area contributed by atoms with E-state index in [1.807, 2.05) is 25.1 Å². The maximum atomic E-state index is 9.37. The summed E-state index contributed by atoms with van der Waals surface area (Å²) in [6, 6.07) is 9.62. The SMILES string of the molecule is Cc1cc(-c2ccc(OC[C@@H](N)CC(C)C)c(C#N)c2)cnn1. The number of rotatable bonds is 6. The summed E-state index contributed by atoms with van der Waals surface area (Å²) in [6.07, 6.45) is 2.57. The smallest absolute Gasteiger partial charge is 0.137 e. The number of aryl methyl sites for hydroxylation is 1. The second-order valence-corrected chi connectivity index (χ2v) is 6.11. The minimum atomic E-state index is -0.0340. The molecule has 23 heavy (non-hydrogen) atoms. The van der Waals surface area contributed by atoms with E-state index in [2.05, 4.69) is 30.1 Å². The van der Waals surface area contributed by atoms with Crippen LogP contribution in [0, 0.1) is 24.2 Å². The van der Waals surface area contributed by atoms with Crippen molar-refractivity contribution in [1.29, 1.82) is 5.26 Å². The second kappa shape index (κ2) is 7.70. The Morgan fingerprint density at radius 3 is 2.70 bits per heavy atom. The fraction of sp³-hybridized carbons (Fsp3) is 0.389. The zero-order valence-corrected chi connectivity index (χ0v) is 13.8. The number of nitriles is 1. The number of ether oxygens (including phenoxy) is 1. The van der Waals surface area contributed by atoms with Crippen LogP contribution in [0.2, 0.25) is 0 Å². The van der Waals surface area contributed by atoms with Crippen molar-refractivity contribution in [2.45, 2.75) is 33.2 Å². The van der Waals surface area contributed by atoms with Crippen LogP contribution in [0.5, 0.6) is 5.75 Å². The van der Waals surface area contributed by atoms with E-state index in [0.717, 1.165) is 23.2 Å². The number of nitrogens with zero attached hydrogens (tertiary/aromatic N) is 3. The van der Waals surface area contributed by atoms with Gasteiger partial charge in [-0.3, -0.25) is 0 Å². The zero-order valence-electron chi connectivity index (χ0n) is 13.8. The molecule has 1 aromatic carbocycles. The van der Waals surface area contributed by atoms with Crippen LogP contribution in [0.4, 0.5) is 0 Å². The molecule has 0 fully saturated rings. The molecule has 5 nitrogen and oxygen atoms in total. The molecule has 0 aliphatic rings. The highest BCUT2D eigenvalue weighted by Crippen LogP contribution is 2.26. The third-order valence-electron chi connectivity index (χ3n) is 3.44. The summed E-state index contributed by atoms with van der Waals surface area (Å²) in [4.78, 5) is 0. The molecular weight excluding hydrogens is 288 g/mol. The van der Waals surface area contributed by atoms with Gasteiger partial charge in [0.25, 0.3) is 0 Å². The molecule has 120 valence electrons. The van der Waals surface area contributed by atoms with Gasteiger partial charge in [0.05, 0.1) is 17.5 Å². The predicted octanol–water partition coefficient (Wildman–Crippen LogP) is 3.08. The van der Waals surface area contributed by atoms with Crippen molar-refractivity contribution in [3.8, 4) is 22.9 Å². The number of hydrogen-bond donors (Lipinski definition) is 1. The van der Waals surface area contributed by atoms with Crippen LogP contribution in [0.1, 0.15) is 31.5 Å². The van der Waals surface area contributed by atoms with Crippen molar-refractivity contribution in [2.75, 3.05) is 6.61 Å². The topological polar surface area (TPSA) is 84.8 Å². The van der Waals surface area contributed by atoms with Gasteiger partial charge in [-0.1, -0.05) is 19.9 Å². The Morgan fingerprint density at radius 2 is 2.04 bits per heavy atom. The second-order valence-electron chi connectivity index (χ2n) is 6.11. The van der Waals surface area contributed by atoms with Gasteiger partial charge in [-0.25, -0.2) is 0 Å². The lowest BCUT2D eigenvalue weighted by Crippen LogP contribution is -2.29. The Morgan fingerprint density at radius 1 is 1.26 bits per heavy atom. The van der Waals surface area contributed by atoms with Gasteiger partial charge in [0.15, 0.2) is 0 Å². The zero-order chi connectivity index (χ0) is 16.8. The molecule has 0 radical (unpaired) electrons. The van der Waals surface area contributed by atoms with Crippen molar-refractivity contribution in [1.82, 2.24) is 10.2 Å². The molecule has 2 N–H and O–H groups in total. The van der Waals surface area contributed by atoms with Gasteiger partial charge in [-0.15, -0.1) is 0 Å². The Labute approximate surface area is 137 Å². The average molecular weight is 310 g/mol. The number of benzene rings is 1. The molecule has 0 aliphatic heterocycles. The van der Waals surface area contributed by atoms with Gasteiger partial charge < -0.3 is 10.5 Å². The van der Waals surface area contributed by atoms with Crippen LogP contribution in [-0.4, -0.2) is 22.8 Å². The number of nitrogens with two attached hydrogens (primary N) is 1. The van der Waals surface area contributed by atoms with Crippen LogP contribution in [-0.2, 0) is 0 Å². The molecule has 1 heterocycles. The number of hydrogen-bond acceptors (Lipinski definition) is 5. The van der Waals surface area contributed by atoms with E-state index in [1.54, 1.807) is 12.3 Å². The standard InChI is InChI=1S/C18H22N4O/c1-12(2)6-17(20)11-23-18-5-4-14(8-15(18)9-19)16-7-13(3)22-21-10-16/h4-5,7-8,10,12,17H,6,11,20H2,1-3H3/t17-/m0/s1. The van der Waals surface area contributed by atoms with Crippen molar-refractivity contribution < 1.29 is 4.74 Å². The molecule has 0 bridgehead atoms. The van der Waals surface area contributed by atoms with Crippen LogP contribution in [0.15, 0.2) is 30.5 Å². The quantitative estimate of drug-likeness (QED) is 0.886. The lowest BCUT2D eigenvalue weighted by atomic mass is 10.0. The fourth-order valence-electron chi connectivity index (χ4n) is 2.42. The molecule has 1 aromatic heterocycles. The largest absolute Gasteiger partial charge is 0.491 e. The van der Waals surface area contributed by atoms with E-state index >= 15 is 0 Å². The highest BCUT2D eigenvalue weighted by atomic mass is 16.5. The third-order valence-corrected chi connectivity index (χ3v) is 3.44. The first-order valence-corrected chi connectivity index (χ1v) is 7.72. The van der Waals surface area contributed by atoms with Crippen LogP contribution < -0.4 is 10.5 Å². The minimum absolute atomic E-state index is 0.0340. The molecular formula is C18H22N4O. The van der Waals surface area contributed by atoms with Crippen molar-refractivity contribution in [3.63, 3.8) is 0 Å². The average Bonchev–Trinajstić information content (AvgIpc) is 2.52. The molecule has 0 unspecified atom stereocenters. The molecule has 5 heteroatoms. The minimum Gasteiger partial charge on any atom is -0.491 e. The summed E-state index contributed by atoms with van der Waals surface area (Å²) >= 11 is 0. The molecule has 0 amide bonds. The van der Waals surface area contributed by atoms with Gasteiger partial charge in [-0.05, 0) is 43.0 Å². The van der Waals surface area contributed by atoms with Crippen LogP contribution in [0.3, 0.4) is 0 Å². The number of aromatic nitrogens is 2. The van der Waals surface area contributed by atoms with Crippen molar-refractivity contribution in [2.24, 2.45) is 11.7 Å². The Hall–Kier alpha value is -2.45. The van der Waals surface area contributed by atoms with Crippen molar-refractivity contribution >= 4 is 0 Å². The van der Waals surface area contributed by atoms with E-state index in [4.69, 9.17) is 10.5 Å². The highest BCUT2D eigenvalue weighted by molar-refractivity contribution is 5.66. The van der Waals surface area contributed by atoms with Gasteiger partial charge in [0, 0.05) is 11.6 Å². The van der Waals surface area contributed by atoms with Gasteiger partial charge in [0.1, 0.15) is 18.4 Å². The lowest BCUT2D eigenvalue weighted by Gasteiger charge is -2.16. The van der Waals surface area contributed by atoms with Crippen LogP contribution >= 0.6 is 0 Å². The monoisotopic (exact) mass is 310 g/mol. The molecule has 2 rings (SSSR count). The normalized spacial score (nSPS) is 12.0. The highest BCUT2D eigenvalue weighted by Gasteiger charge is 2.10. The maximum Gasteiger partial charge on any atom is 0.137 e. The van der Waals surface area contributed by atoms with E-state index in [9.17, 15) is 5.26 Å². The summed E-state index contributed by atoms with van der Waals surface area (Å²) < 4.78 is 5.73. The predicted molar refractivity (Wildman–Crippen MR) is 89.8 cm³/mol. The molecule has 0 spiro atoms. The first-order chi connectivity index (χ1) is 11.0. The van der Waals surface area contributed by atoms with E-state index in [1.165, 1.54) is 0 Å². The first-order valence-electron chi connectivity index (χ1n) is 7.72. The molecule has 0 saturated carbocycles. The van der Waals surface area contributed by atoms with Gasteiger partial charge in [0.2, 0.25) is 0 Å². The van der Waals surface area contributed by atoms with E-state index in [-0.39, 0.29) is 6.04 Å². The van der Waals surface area contributed by atoms with E-state index < -0.39 is 0 Å². The first kappa shape index (κ1) is 16.9. The Balaban J connectivity index is 2.16. The summed E-state index contributed by atoms with van der Waals surface area (Å²) in [5.74, 6) is 1.09. The maximum absolute atomic E-state index is 9.37. The summed E-state index contributed by atoms with van der Waals surface area (Å²) in [7, 11) is 0. The molecule has 0 saturated heterocycles. The van der Waals surface area contributed by atoms with Gasteiger partial charge >= 0.3 is 0 Å². The Bertz CT molecular complexity index is 706. The Kier molecular flexibility index (Phi) is 5.67. The van der Waals surface area contributed by atoms with Crippen molar-refractivity contribution in [3.05, 3.63) is 41.7 Å². The van der Waals surface area contributed by atoms with E-state index in [0.29, 0.717) is 23.8 Å². The summed E-state index contributed by atoms with van der Waals surface area (Å²) in [5.41, 5.74) is 9.20. The summed E-state index contributed by atoms with van der Waals surface area (Å²) in [6.45, 7) is 6.54. The summed E-state index contributed by atoms with van der Waals surface area (Å²) in [5, 5.41) is 17.3. The van der Waals surface area contributed by atoms with Crippen LogP contribution in [0.25, 0.3) is 11.1 Å². The molecule has 1 atom stereocenters.